The lowest BCUT2D eigenvalue weighted by Gasteiger charge is -2.35. The molecule has 0 bridgehead atoms. The fraction of sp³-hybridized carbons (Fsp3) is 0.526. The van der Waals surface area contributed by atoms with Gasteiger partial charge in [-0.05, 0) is 36.5 Å². The SMILES string of the molecule is O=C(C[C@H]1C=CCC1)NC[C@H](c1cccc(F)c1)N1CCOCC1. The van der Waals surface area contributed by atoms with Crippen LogP contribution in [0.2, 0.25) is 0 Å². The first-order chi connectivity index (χ1) is 11.7. The third-order valence-electron chi connectivity index (χ3n) is 4.77. The second kappa shape index (κ2) is 8.40. The Morgan fingerprint density at radius 3 is 2.92 bits per heavy atom. The van der Waals surface area contributed by atoms with Crippen molar-refractivity contribution in [2.24, 2.45) is 5.92 Å². The number of morpholine rings is 1. The normalized spacial score (nSPS) is 22.5. The van der Waals surface area contributed by atoms with Gasteiger partial charge in [-0.1, -0.05) is 24.3 Å². The molecule has 0 unspecified atom stereocenters. The molecule has 1 fully saturated rings. The number of carbonyl (C=O) groups is 1. The Hall–Kier alpha value is -1.72. The maximum atomic E-state index is 13.6. The average molecular weight is 332 g/mol. The van der Waals surface area contributed by atoms with Crippen LogP contribution in [0.15, 0.2) is 36.4 Å². The fourth-order valence-corrected chi connectivity index (χ4v) is 3.45. The van der Waals surface area contributed by atoms with E-state index >= 15 is 0 Å². The summed E-state index contributed by atoms with van der Waals surface area (Å²) in [6.07, 6.45) is 6.93. The Labute approximate surface area is 142 Å². The van der Waals surface area contributed by atoms with E-state index in [0.717, 1.165) is 31.5 Å². The van der Waals surface area contributed by atoms with Crippen molar-refractivity contribution in [3.05, 3.63) is 47.8 Å². The number of carbonyl (C=O) groups excluding carboxylic acids is 1. The Balaban J connectivity index is 1.63. The highest BCUT2D eigenvalue weighted by atomic mass is 19.1. The predicted octanol–water partition coefficient (Wildman–Crippen LogP) is 2.67. The lowest BCUT2D eigenvalue weighted by molar-refractivity contribution is -0.122. The van der Waals surface area contributed by atoms with Crippen LogP contribution >= 0.6 is 0 Å². The third kappa shape index (κ3) is 4.65. The average Bonchev–Trinajstić information content (AvgIpc) is 3.09. The van der Waals surface area contributed by atoms with Gasteiger partial charge in [0.05, 0.1) is 19.3 Å². The van der Waals surface area contributed by atoms with Gasteiger partial charge in [0, 0.05) is 26.1 Å². The second-order valence-corrected chi connectivity index (χ2v) is 6.49. The molecule has 2 atom stereocenters. The summed E-state index contributed by atoms with van der Waals surface area (Å²) < 4.78 is 19.0. The van der Waals surface area contributed by atoms with E-state index in [1.807, 2.05) is 6.07 Å². The van der Waals surface area contributed by atoms with Crippen LogP contribution in [-0.2, 0) is 9.53 Å². The minimum absolute atomic E-state index is 0.0207. The molecule has 1 aromatic rings. The second-order valence-electron chi connectivity index (χ2n) is 6.49. The summed E-state index contributed by atoms with van der Waals surface area (Å²) in [5.74, 6) is 0.190. The van der Waals surface area contributed by atoms with Crippen molar-refractivity contribution < 1.29 is 13.9 Å². The van der Waals surface area contributed by atoms with Gasteiger partial charge in [0.25, 0.3) is 0 Å². The van der Waals surface area contributed by atoms with Crippen molar-refractivity contribution in [1.29, 1.82) is 0 Å². The number of rotatable bonds is 6. The maximum Gasteiger partial charge on any atom is 0.220 e. The lowest BCUT2D eigenvalue weighted by Crippen LogP contribution is -2.44. The van der Waals surface area contributed by atoms with Crippen molar-refractivity contribution in [1.82, 2.24) is 10.2 Å². The number of ether oxygens (including phenoxy) is 1. The molecule has 1 amide bonds. The zero-order valence-corrected chi connectivity index (χ0v) is 13.9. The van der Waals surface area contributed by atoms with Crippen molar-refractivity contribution in [2.45, 2.75) is 25.3 Å². The van der Waals surface area contributed by atoms with Gasteiger partial charge in [0.1, 0.15) is 5.82 Å². The first-order valence-electron chi connectivity index (χ1n) is 8.73. The minimum atomic E-state index is -0.242. The molecule has 1 heterocycles. The Morgan fingerprint density at radius 2 is 2.21 bits per heavy atom. The molecule has 24 heavy (non-hydrogen) atoms. The van der Waals surface area contributed by atoms with Crippen LogP contribution in [0.4, 0.5) is 4.39 Å². The van der Waals surface area contributed by atoms with Crippen LogP contribution in [-0.4, -0.2) is 43.7 Å². The highest BCUT2D eigenvalue weighted by molar-refractivity contribution is 5.76. The van der Waals surface area contributed by atoms with Crippen LogP contribution in [0.3, 0.4) is 0 Å². The highest BCUT2D eigenvalue weighted by Crippen LogP contribution is 2.23. The van der Waals surface area contributed by atoms with E-state index in [1.54, 1.807) is 12.1 Å². The number of allylic oxidation sites excluding steroid dienone is 2. The molecule has 4 nitrogen and oxygen atoms in total. The highest BCUT2D eigenvalue weighted by Gasteiger charge is 2.24. The van der Waals surface area contributed by atoms with Gasteiger partial charge in [-0.25, -0.2) is 4.39 Å². The zero-order chi connectivity index (χ0) is 16.8. The molecule has 0 aromatic heterocycles. The fourth-order valence-electron chi connectivity index (χ4n) is 3.45. The first kappa shape index (κ1) is 17.1. The van der Waals surface area contributed by atoms with Crippen LogP contribution in [0.25, 0.3) is 0 Å². The van der Waals surface area contributed by atoms with Crippen LogP contribution in [0.1, 0.15) is 30.9 Å². The molecule has 0 radical (unpaired) electrons. The standard InChI is InChI=1S/C19H25FN2O2/c20-17-7-3-6-16(13-17)18(22-8-10-24-11-9-22)14-21-19(23)12-15-4-1-2-5-15/h1,3-4,6-7,13,15,18H,2,5,8-12,14H2,(H,21,23)/t15-,18+/m0/s1. The molecule has 0 saturated carbocycles. The number of halogens is 1. The molecule has 5 heteroatoms. The summed E-state index contributed by atoms with van der Waals surface area (Å²) in [7, 11) is 0. The summed E-state index contributed by atoms with van der Waals surface area (Å²) >= 11 is 0. The zero-order valence-electron chi connectivity index (χ0n) is 13.9. The summed E-state index contributed by atoms with van der Waals surface area (Å²) in [4.78, 5) is 14.5. The van der Waals surface area contributed by atoms with Crippen molar-refractivity contribution in [3.63, 3.8) is 0 Å². The van der Waals surface area contributed by atoms with Crippen LogP contribution < -0.4 is 5.32 Å². The Bertz CT molecular complexity index is 584. The molecular weight excluding hydrogens is 307 g/mol. The molecule has 1 aliphatic heterocycles. The molecule has 1 aliphatic carbocycles. The third-order valence-corrected chi connectivity index (χ3v) is 4.77. The van der Waals surface area contributed by atoms with Crippen LogP contribution in [0, 0.1) is 11.7 Å². The van der Waals surface area contributed by atoms with Crippen LogP contribution in [0.5, 0.6) is 0 Å². The van der Waals surface area contributed by atoms with Crippen molar-refractivity contribution >= 4 is 5.91 Å². The summed E-state index contributed by atoms with van der Waals surface area (Å²) in [5.41, 5.74) is 0.901. The van der Waals surface area contributed by atoms with E-state index in [9.17, 15) is 9.18 Å². The molecule has 3 rings (SSSR count). The lowest BCUT2D eigenvalue weighted by atomic mass is 10.0. The molecule has 2 aliphatic rings. The van der Waals surface area contributed by atoms with Gasteiger partial charge in [-0.3, -0.25) is 9.69 Å². The number of hydrogen-bond donors (Lipinski definition) is 1. The summed E-state index contributed by atoms with van der Waals surface area (Å²) in [6.45, 7) is 3.43. The van der Waals surface area contributed by atoms with E-state index in [-0.39, 0.29) is 17.8 Å². The van der Waals surface area contributed by atoms with E-state index in [2.05, 4.69) is 22.4 Å². The first-order valence-corrected chi connectivity index (χ1v) is 8.73. The number of nitrogens with one attached hydrogen (secondary N) is 1. The van der Waals surface area contributed by atoms with Gasteiger partial charge in [0.2, 0.25) is 5.91 Å². The molecule has 1 saturated heterocycles. The minimum Gasteiger partial charge on any atom is -0.379 e. The summed E-state index contributed by atoms with van der Waals surface area (Å²) in [6, 6.07) is 6.64. The monoisotopic (exact) mass is 332 g/mol. The van der Waals surface area contributed by atoms with E-state index in [0.29, 0.717) is 32.1 Å². The Morgan fingerprint density at radius 1 is 1.38 bits per heavy atom. The topological polar surface area (TPSA) is 41.6 Å². The summed E-state index contributed by atoms with van der Waals surface area (Å²) in [5, 5.41) is 3.05. The quantitative estimate of drug-likeness (QED) is 0.815. The molecule has 1 N–H and O–H groups in total. The van der Waals surface area contributed by atoms with Gasteiger partial charge in [-0.15, -0.1) is 0 Å². The number of nitrogens with zero attached hydrogens (tertiary/aromatic N) is 1. The van der Waals surface area contributed by atoms with Gasteiger partial charge < -0.3 is 10.1 Å². The number of amides is 1. The molecule has 0 spiro atoms. The molecule has 130 valence electrons. The van der Waals surface area contributed by atoms with Gasteiger partial charge in [-0.2, -0.15) is 0 Å². The largest absolute Gasteiger partial charge is 0.379 e. The van der Waals surface area contributed by atoms with Crippen molar-refractivity contribution in [3.8, 4) is 0 Å². The molecule has 1 aromatic carbocycles. The number of benzene rings is 1. The smallest absolute Gasteiger partial charge is 0.220 e. The predicted molar refractivity (Wildman–Crippen MR) is 91.0 cm³/mol. The van der Waals surface area contributed by atoms with E-state index in [1.165, 1.54) is 6.07 Å². The van der Waals surface area contributed by atoms with Gasteiger partial charge >= 0.3 is 0 Å². The van der Waals surface area contributed by atoms with E-state index < -0.39 is 0 Å². The van der Waals surface area contributed by atoms with Gasteiger partial charge in [0.15, 0.2) is 0 Å². The van der Waals surface area contributed by atoms with Crippen molar-refractivity contribution in [2.75, 3.05) is 32.8 Å². The maximum absolute atomic E-state index is 13.6. The van der Waals surface area contributed by atoms with E-state index in [4.69, 9.17) is 4.74 Å². The molecular formula is C19H25FN2O2. The number of hydrogen-bond acceptors (Lipinski definition) is 3. The Kier molecular flexibility index (Phi) is 5.99.